The SMILES string of the molecule is CCN1CCC(NCc2cccc(C(=O)O)c2)C1c1ccc(Cl)c(F)c1. The van der Waals surface area contributed by atoms with Gasteiger partial charge in [0.2, 0.25) is 0 Å². The fraction of sp³-hybridized carbons (Fsp3) is 0.350. The normalized spacial score (nSPS) is 20.4. The van der Waals surface area contributed by atoms with E-state index in [0.717, 1.165) is 30.6 Å². The van der Waals surface area contributed by atoms with Crippen molar-refractivity contribution in [3.8, 4) is 0 Å². The van der Waals surface area contributed by atoms with Gasteiger partial charge in [0.25, 0.3) is 0 Å². The smallest absolute Gasteiger partial charge is 0.335 e. The fourth-order valence-electron chi connectivity index (χ4n) is 3.63. The Hall–Kier alpha value is -1.95. The number of likely N-dealkylation sites (tertiary alicyclic amines) is 1. The van der Waals surface area contributed by atoms with E-state index in [1.165, 1.54) is 6.07 Å². The summed E-state index contributed by atoms with van der Waals surface area (Å²) in [7, 11) is 0. The first-order chi connectivity index (χ1) is 12.5. The van der Waals surface area contributed by atoms with E-state index in [0.29, 0.717) is 6.54 Å². The van der Waals surface area contributed by atoms with Crippen LogP contribution in [0.15, 0.2) is 42.5 Å². The Kier molecular flexibility index (Phi) is 5.91. The van der Waals surface area contributed by atoms with Gasteiger partial charge in [0.15, 0.2) is 0 Å². The minimum absolute atomic E-state index is 0.0643. The summed E-state index contributed by atoms with van der Waals surface area (Å²) in [5.74, 6) is -1.33. The van der Waals surface area contributed by atoms with Gasteiger partial charge >= 0.3 is 5.97 Å². The van der Waals surface area contributed by atoms with Crippen LogP contribution in [-0.4, -0.2) is 35.1 Å². The largest absolute Gasteiger partial charge is 0.478 e. The summed E-state index contributed by atoms with van der Waals surface area (Å²) in [6.07, 6.45) is 0.946. The number of carboxylic acid groups (broad SMARTS) is 1. The van der Waals surface area contributed by atoms with Crippen LogP contribution < -0.4 is 5.32 Å². The van der Waals surface area contributed by atoms with Crippen molar-refractivity contribution in [2.45, 2.75) is 32.0 Å². The third-order valence-corrected chi connectivity index (χ3v) is 5.24. The number of carbonyl (C=O) groups is 1. The number of hydrogen-bond donors (Lipinski definition) is 2. The summed E-state index contributed by atoms with van der Waals surface area (Å²) in [4.78, 5) is 13.4. The molecule has 2 aromatic carbocycles. The number of likely N-dealkylation sites (N-methyl/N-ethyl adjacent to an activating group) is 1. The first-order valence-electron chi connectivity index (χ1n) is 8.74. The van der Waals surface area contributed by atoms with Gasteiger partial charge in [-0.2, -0.15) is 0 Å². The lowest BCUT2D eigenvalue weighted by Crippen LogP contribution is -2.36. The summed E-state index contributed by atoms with van der Waals surface area (Å²) in [5, 5.41) is 12.8. The molecule has 0 spiro atoms. The van der Waals surface area contributed by atoms with Gasteiger partial charge < -0.3 is 10.4 Å². The standard InChI is InChI=1S/C20H22ClFN2O2/c1-2-24-9-8-18(19(24)14-6-7-16(21)17(22)11-14)23-12-13-4-3-5-15(10-13)20(25)26/h3-7,10-11,18-19,23H,2,8-9,12H2,1H3,(H,25,26). The van der Waals surface area contributed by atoms with Crippen LogP contribution in [0.25, 0.3) is 0 Å². The van der Waals surface area contributed by atoms with E-state index in [9.17, 15) is 9.18 Å². The molecule has 0 radical (unpaired) electrons. The van der Waals surface area contributed by atoms with E-state index in [4.69, 9.17) is 16.7 Å². The first kappa shape index (κ1) is 18.8. The second-order valence-corrected chi connectivity index (χ2v) is 6.94. The highest BCUT2D eigenvalue weighted by atomic mass is 35.5. The maximum absolute atomic E-state index is 13.9. The lowest BCUT2D eigenvalue weighted by molar-refractivity contribution is 0.0696. The summed E-state index contributed by atoms with van der Waals surface area (Å²) >= 11 is 5.82. The second-order valence-electron chi connectivity index (χ2n) is 6.53. The minimum Gasteiger partial charge on any atom is -0.478 e. The van der Waals surface area contributed by atoms with Crippen LogP contribution in [0.2, 0.25) is 5.02 Å². The topological polar surface area (TPSA) is 52.6 Å². The molecule has 0 aromatic heterocycles. The van der Waals surface area contributed by atoms with Crippen molar-refractivity contribution < 1.29 is 14.3 Å². The number of carboxylic acids is 1. The molecule has 3 rings (SSSR count). The highest BCUT2D eigenvalue weighted by Crippen LogP contribution is 2.33. The molecular weight excluding hydrogens is 355 g/mol. The maximum atomic E-state index is 13.9. The van der Waals surface area contributed by atoms with Gasteiger partial charge in [-0.15, -0.1) is 0 Å². The van der Waals surface area contributed by atoms with E-state index < -0.39 is 11.8 Å². The molecule has 1 fully saturated rings. The zero-order valence-electron chi connectivity index (χ0n) is 14.6. The molecule has 138 valence electrons. The summed E-state index contributed by atoms with van der Waals surface area (Å²) in [6, 6.07) is 12.1. The van der Waals surface area contributed by atoms with Crippen LogP contribution in [0.5, 0.6) is 0 Å². The predicted octanol–water partition coefficient (Wildman–Crippen LogP) is 4.10. The Morgan fingerprint density at radius 3 is 2.85 bits per heavy atom. The average molecular weight is 377 g/mol. The van der Waals surface area contributed by atoms with Gasteiger partial charge in [0.05, 0.1) is 16.6 Å². The van der Waals surface area contributed by atoms with Crippen LogP contribution in [-0.2, 0) is 6.54 Å². The van der Waals surface area contributed by atoms with Gasteiger partial charge in [-0.25, -0.2) is 9.18 Å². The summed E-state index contributed by atoms with van der Waals surface area (Å²) in [5.41, 5.74) is 2.10. The molecule has 6 heteroatoms. The van der Waals surface area contributed by atoms with Crippen molar-refractivity contribution in [2.75, 3.05) is 13.1 Å². The van der Waals surface area contributed by atoms with E-state index in [2.05, 4.69) is 17.1 Å². The number of benzene rings is 2. The van der Waals surface area contributed by atoms with E-state index in [-0.39, 0.29) is 22.7 Å². The van der Waals surface area contributed by atoms with E-state index in [1.807, 2.05) is 12.1 Å². The number of aromatic carboxylic acids is 1. The molecule has 2 N–H and O–H groups in total. The molecule has 1 saturated heterocycles. The zero-order valence-corrected chi connectivity index (χ0v) is 15.3. The lowest BCUT2D eigenvalue weighted by atomic mass is 9.99. The minimum atomic E-state index is -0.931. The Morgan fingerprint density at radius 1 is 1.35 bits per heavy atom. The van der Waals surface area contributed by atoms with Crippen LogP contribution in [0, 0.1) is 5.82 Å². The van der Waals surface area contributed by atoms with Crippen molar-refractivity contribution in [3.05, 3.63) is 70.0 Å². The van der Waals surface area contributed by atoms with Crippen molar-refractivity contribution in [3.63, 3.8) is 0 Å². The number of nitrogens with zero attached hydrogens (tertiary/aromatic N) is 1. The van der Waals surface area contributed by atoms with E-state index >= 15 is 0 Å². The molecule has 1 aliphatic rings. The number of nitrogens with one attached hydrogen (secondary N) is 1. The third kappa shape index (κ3) is 4.06. The van der Waals surface area contributed by atoms with Crippen LogP contribution in [0.4, 0.5) is 4.39 Å². The van der Waals surface area contributed by atoms with Crippen molar-refractivity contribution >= 4 is 17.6 Å². The number of rotatable bonds is 6. The Bertz CT molecular complexity index is 799. The predicted molar refractivity (Wildman–Crippen MR) is 100 cm³/mol. The molecule has 0 aliphatic carbocycles. The Morgan fingerprint density at radius 2 is 2.15 bits per heavy atom. The lowest BCUT2D eigenvalue weighted by Gasteiger charge is -2.28. The van der Waals surface area contributed by atoms with Gasteiger partial charge in [-0.05, 0) is 48.4 Å². The molecule has 2 aromatic rings. The van der Waals surface area contributed by atoms with Crippen molar-refractivity contribution in [1.29, 1.82) is 0 Å². The van der Waals surface area contributed by atoms with Crippen molar-refractivity contribution in [2.24, 2.45) is 0 Å². The van der Waals surface area contributed by atoms with Crippen molar-refractivity contribution in [1.82, 2.24) is 10.2 Å². The fourth-order valence-corrected chi connectivity index (χ4v) is 3.75. The highest BCUT2D eigenvalue weighted by Gasteiger charge is 2.34. The zero-order chi connectivity index (χ0) is 18.7. The van der Waals surface area contributed by atoms with Gasteiger partial charge in [-0.1, -0.05) is 36.7 Å². The summed E-state index contributed by atoms with van der Waals surface area (Å²) < 4.78 is 13.9. The van der Waals surface area contributed by atoms with Crippen LogP contribution in [0.3, 0.4) is 0 Å². The van der Waals surface area contributed by atoms with Crippen LogP contribution in [0.1, 0.15) is 40.9 Å². The molecule has 26 heavy (non-hydrogen) atoms. The summed E-state index contributed by atoms with van der Waals surface area (Å²) in [6.45, 7) is 4.47. The molecule has 2 unspecified atom stereocenters. The molecular formula is C20H22ClFN2O2. The van der Waals surface area contributed by atoms with Gasteiger partial charge in [0, 0.05) is 19.1 Å². The van der Waals surface area contributed by atoms with Gasteiger partial charge in [0.1, 0.15) is 5.82 Å². The number of halogens is 2. The Labute approximate surface area is 157 Å². The molecule has 1 heterocycles. The quantitative estimate of drug-likeness (QED) is 0.796. The molecule has 0 bridgehead atoms. The monoisotopic (exact) mass is 376 g/mol. The molecule has 1 aliphatic heterocycles. The van der Waals surface area contributed by atoms with Crippen LogP contribution >= 0.6 is 11.6 Å². The third-order valence-electron chi connectivity index (χ3n) is 4.94. The number of hydrogen-bond acceptors (Lipinski definition) is 3. The molecule has 4 nitrogen and oxygen atoms in total. The highest BCUT2D eigenvalue weighted by molar-refractivity contribution is 6.30. The molecule has 0 amide bonds. The van der Waals surface area contributed by atoms with E-state index in [1.54, 1.807) is 24.3 Å². The van der Waals surface area contributed by atoms with Gasteiger partial charge in [-0.3, -0.25) is 4.90 Å². The first-order valence-corrected chi connectivity index (χ1v) is 9.12. The molecule has 0 saturated carbocycles. The second kappa shape index (κ2) is 8.16. The Balaban J connectivity index is 1.76. The molecule has 2 atom stereocenters. The average Bonchev–Trinajstić information content (AvgIpc) is 3.05. The maximum Gasteiger partial charge on any atom is 0.335 e.